The molecule has 0 saturated heterocycles. The van der Waals surface area contributed by atoms with E-state index in [0.29, 0.717) is 24.0 Å². The Morgan fingerprint density at radius 3 is 2.58 bits per heavy atom. The molecule has 0 aliphatic carbocycles. The molecule has 2 rings (SSSR count). The van der Waals surface area contributed by atoms with E-state index in [-0.39, 0.29) is 11.5 Å². The molecule has 1 atom stereocenters. The Kier molecular flexibility index (Phi) is 6.13. The van der Waals surface area contributed by atoms with E-state index in [2.05, 4.69) is 10.3 Å². The van der Waals surface area contributed by atoms with E-state index >= 15 is 0 Å². The second-order valence-electron chi connectivity index (χ2n) is 6.66. The maximum atomic E-state index is 12.8. The number of methoxy groups -OCH3 is 1. The number of pyridine rings is 2. The Balaban J connectivity index is 2.46. The van der Waals surface area contributed by atoms with Crippen LogP contribution in [0.4, 0.5) is 0 Å². The number of nitrogens with one attached hydrogen (secondary N) is 1. The van der Waals surface area contributed by atoms with Crippen LogP contribution in [0.3, 0.4) is 0 Å². The predicted octanol–water partition coefficient (Wildman–Crippen LogP) is 2.04. The average Bonchev–Trinajstić information content (AvgIpc) is 2.60. The van der Waals surface area contributed by atoms with Crippen molar-refractivity contribution in [2.45, 2.75) is 46.7 Å². The van der Waals surface area contributed by atoms with Crippen LogP contribution in [0.15, 0.2) is 23.1 Å². The van der Waals surface area contributed by atoms with Crippen LogP contribution in [0.1, 0.15) is 43.2 Å². The monoisotopic (exact) mass is 359 g/mol. The molecule has 0 saturated carbocycles. The fourth-order valence-electron chi connectivity index (χ4n) is 2.83. The van der Waals surface area contributed by atoms with Gasteiger partial charge < -0.3 is 14.6 Å². The van der Waals surface area contributed by atoms with Gasteiger partial charge in [0, 0.05) is 18.4 Å². The van der Waals surface area contributed by atoms with Gasteiger partial charge in [0.25, 0.3) is 5.91 Å². The molecular formula is C19H25N3O4. The van der Waals surface area contributed by atoms with E-state index in [1.807, 2.05) is 27.7 Å². The van der Waals surface area contributed by atoms with Gasteiger partial charge in [0.1, 0.15) is 17.3 Å². The number of ether oxygens (including phenoxy) is 1. The van der Waals surface area contributed by atoms with Gasteiger partial charge in [-0.05, 0) is 38.3 Å². The number of hydrogen-bond donors (Lipinski definition) is 1. The van der Waals surface area contributed by atoms with Gasteiger partial charge in [-0.1, -0.05) is 13.8 Å². The van der Waals surface area contributed by atoms with Crippen molar-refractivity contribution < 1.29 is 14.3 Å². The third kappa shape index (κ3) is 4.09. The number of fused-ring (bicyclic) bond motifs is 1. The number of esters is 1. The second kappa shape index (κ2) is 8.12. The highest BCUT2D eigenvalue weighted by molar-refractivity contribution is 5.98. The fourth-order valence-corrected chi connectivity index (χ4v) is 2.83. The first-order chi connectivity index (χ1) is 12.3. The molecule has 0 radical (unpaired) electrons. The summed E-state index contributed by atoms with van der Waals surface area (Å²) in [6.07, 6.45) is 1.92. The summed E-state index contributed by atoms with van der Waals surface area (Å²) in [5.41, 5.74) is 0.922. The van der Waals surface area contributed by atoms with Gasteiger partial charge in [0.15, 0.2) is 0 Å². The topological polar surface area (TPSA) is 90.3 Å². The van der Waals surface area contributed by atoms with Crippen molar-refractivity contribution in [2.24, 2.45) is 5.92 Å². The van der Waals surface area contributed by atoms with Crippen molar-refractivity contribution in [3.63, 3.8) is 0 Å². The van der Waals surface area contributed by atoms with Gasteiger partial charge in [-0.2, -0.15) is 0 Å². The van der Waals surface area contributed by atoms with E-state index in [9.17, 15) is 14.4 Å². The molecule has 2 aromatic rings. The first kappa shape index (κ1) is 19.6. The van der Waals surface area contributed by atoms with Crippen LogP contribution >= 0.6 is 0 Å². The Morgan fingerprint density at radius 1 is 1.31 bits per heavy atom. The SMILES string of the molecule is CCn1cc(C(=O)N[C@@H](CC(C)C)C(=O)OC)c(=O)c2ccc(C)nc21. The zero-order chi connectivity index (χ0) is 19.4. The summed E-state index contributed by atoms with van der Waals surface area (Å²) in [6.45, 7) is 8.19. The van der Waals surface area contributed by atoms with Gasteiger partial charge in [0.2, 0.25) is 5.43 Å². The van der Waals surface area contributed by atoms with Crippen LogP contribution in [0.25, 0.3) is 11.0 Å². The summed E-state index contributed by atoms with van der Waals surface area (Å²) in [5, 5.41) is 3.01. The minimum Gasteiger partial charge on any atom is -0.467 e. The molecule has 0 spiro atoms. The van der Waals surface area contributed by atoms with E-state index in [0.717, 1.165) is 5.69 Å². The molecule has 1 amide bonds. The molecule has 0 aliphatic heterocycles. The summed E-state index contributed by atoms with van der Waals surface area (Å²) in [5.74, 6) is -0.938. The number of carbonyl (C=O) groups excluding carboxylic acids is 2. The maximum absolute atomic E-state index is 12.8. The van der Waals surface area contributed by atoms with Crippen molar-refractivity contribution in [3.8, 4) is 0 Å². The Morgan fingerprint density at radius 2 is 2.00 bits per heavy atom. The number of nitrogens with zero attached hydrogens (tertiary/aromatic N) is 2. The van der Waals surface area contributed by atoms with Crippen LogP contribution in [0, 0.1) is 12.8 Å². The standard InChI is InChI=1S/C19H25N3O4/c1-6-22-10-14(16(23)13-8-7-12(4)20-17(13)22)18(24)21-15(9-11(2)3)19(25)26-5/h7-8,10-11,15H,6,9H2,1-5H3,(H,21,24)/t15-/m0/s1. The molecule has 1 N–H and O–H groups in total. The number of aromatic nitrogens is 2. The molecule has 0 fully saturated rings. The highest BCUT2D eigenvalue weighted by atomic mass is 16.5. The fraction of sp³-hybridized carbons (Fsp3) is 0.474. The van der Waals surface area contributed by atoms with Crippen molar-refractivity contribution in [1.82, 2.24) is 14.9 Å². The van der Waals surface area contributed by atoms with Crippen molar-refractivity contribution in [2.75, 3.05) is 7.11 Å². The highest BCUT2D eigenvalue weighted by Gasteiger charge is 2.25. The molecule has 7 heteroatoms. The van der Waals surface area contributed by atoms with Gasteiger partial charge in [-0.3, -0.25) is 9.59 Å². The third-order valence-corrected chi connectivity index (χ3v) is 4.14. The Hall–Kier alpha value is -2.70. The van der Waals surface area contributed by atoms with E-state index in [4.69, 9.17) is 4.74 Å². The molecule has 2 aromatic heterocycles. The zero-order valence-corrected chi connectivity index (χ0v) is 15.8. The van der Waals surface area contributed by atoms with Crippen LogP contribution in [-0.2, 0) is 16.1 Å². The van der Waals surface area contributed by atoms with E-state index in [1.54, 1.807) is 16.7 Å². The van der Waals surface area contributed by atoms with Crippen molar-refractivity contribution in [1.29, 1.82) is 0 Å². The highest BCUT2D eigenvalue weighted by Crippen LogP contribution is 2.12. The molecule has 0 unspecified atom stereocenters. The maximum Gasteiger partial charge on any atom is 0.328 e. The average molecular weight is 359 g/mol. The summed E-state index contributed by atoms with van der Waals surface area (Å²) in [7, 11) is 1.27. The van der Waals surface area contributed by atoms with Gasteiger partial charge in [0.05, 0.1) is 12.5 Å². The van der Waals surface area contributed by atoms with Crippen LogP contribution < -0.4 is 10.7 Å². The largest absolute Gasteiger partial charge is 0.467 e. The molecule has 0 bridgehead atoms. The summed E-state index contributed by atoms with van der Waals surface area (Å²) in [4.78, 5) is 41.8. The lowest BCUT2D eigenvalue weighted by molar-refractivity contribution is -0.143. The van der Waals surface area contributed by atoms with Crippen molar-refractivity contribution >= 4 is 22.9 Å². The lowest BCUT2D eigenvalue weighted by Crippen LogP contribution is -2.43. The second-order valence-corrected chi connectivity index (χ2v) is 6.66. The number of aryl methyl sites for hydroxylation is 2. The van der Waals surface area contributed by atoms with E-state index < -0.39 is 23.3 Å². The molecule has 0 aliphatic rings. The zero-order valence-electron chi connectivity index (χ0n) is 15.8. The summed E-state index contributed by atoms with van der Waals surface area (Å²) in [6, 6.07) is 2.62. The van der Waals surface area contributed by atoms with Crippen LogP contribution in [-0.4, -0.2) is 34.6 Å². The molecular weight excluding hydrogens is 334 g/mol. The smallest absolute Gasteiger partial charge is 0.328 e. The van der Waals surface area contributed by atoms with Gasteiger partial charge >= 0.3 is 5.97 Å². The van der Waals surface area contributed by atoms with Crippen molar-refractivity contribution in [3.05, 3.63) is 39.8 Å². The number of hydrogen-bond acceptors (Lipinski definition) is 5. The first-order valence-electron chi connectivity index (χ1n) is 8.68. The molecule has 26 heavy (non-hydrogen) atoms. The Bertz CT molecular complexity index is 886. The molecule has 7 nitrogen and oxygen atoms in total. The number of carbonyl (C=O) groups is 2. The lowest BCUT2D eigenvalue weighted by Gasteiger charge is -2.18. The minimum atomic E-state index is -0.797. The molecule has 0 aromatic carbocycles. The number of amides is 1. The quantitative estimate of drug-likeness (QED) is 0.797. The van der Waals surface area contributed by atoms with Crippen LogP contribution in [0.2, 0.25) is 0 Å². The van der Waals surface area contributed by atoms with Gasteiger partial charge in [-0.25, -0.2) is 9.78 Å². The summed E-state index contributed by atoms with van der Waals surface area (Å²) < 4.78 is 6.52. The van der Waals surface area contributed by atoms with E-state index in [1.165, 1.54) is 13.3 Å². The van der Waals surface area contributed by atoms with Crippen LogP contribution in [0.5, 0.6) is 0 Å². The minimum absolute atomic E-state index is 0.0114. The lowest BCUT2D eigenvalue weighted by atomic mass is 10.0. The predicted molar refractivity (Wildman–Crippen MR) is 99.1 cm³/mol. The molecule has 140 valence electrons. The summed E-state index contributed by atoms with van der Waals surface area (Å²) >= 11 is 0. The number of rotatable bonds is 6. The molecule has 2 heterocycles. The normalized spacial score (nSPS) is 12.2. The Labute approximate surface area is 152 Å². The van der Waals surface area contributed by atoms with Gasteiger partial charge in [-0.15, -0.1) is 0 Å². The third-order valence-electron chi connectivity index (χ3n) is 4.14. The first-order valence-corrected chi connectivity index (χ1v) is 8.68.